The number of carbonyl (C=O) groups is 5. The molecule has 14 atom stereocenters. The van der Waals surface area contributed by atoms with Gasteiger partial charge in [-0.05, 0) is 25.0 Å². The van der Waals surface area contributed by atoms with Gasteiger partial charge in [0, 0.05) is 62.5 Å². The molecule has 0 aromatic carbocycles. The summed E-state index contributed by atoms with van der Waals surface area (Å²) in [4.78, 5) is 66.4. The first-order valence-electron chi connectivity index (χ1n) is 16.7. The molecule has 2 saturated heterocycles. The number of methoxy groups -OCH3 is 1. The van der Waals surface area contributed by atoms with E-state index in [1.807, 2.05) is 0 Å². The second kappa shape index (κ2) is 9.77. The number of esters is 5. The number of hydrogen-bond donors (Lipinski definition) is 2. The predicted octanol–water partition coefficient (Wildman–Crippen LogP) is 1.30. The average molecular weight is 717 g/mol. The van der Waals surface area contributed by atoms with Crippen molar-refractivity contribution >= 4 is 29.8 Å². The first-order chi connectivity index (χ1) is 23.7. The van der Waals surface area contributed by atoms with Crippen molar-refractivity contribution in [3.05, 3.63) is 35.8 Å². The van der Waals surface area contributed by atoms with Gasteiger partial charge in [-0.1, -0.05) is 13.8 Å². The summed E-state index contributed by atoms with van der Waals surface area (Å²) >= 11 is 0. The first-order valence-corrected chi connectivity index (χ1v) is 16.7. The van der Waals surface area contributed by atoms with Crippen LogP contribution in [-0.2, 0) is 61.9 Å². The van der Waals surface area contributed by atoms with E-state index in [1.54, 1.807) is 26.8 Å². The van der Waals surface area contributed by atoms with Crippen molar-refractivity contribution < 1.29 is 76.5 Å². The van der Waals surface area contributed by atoms with Gasteiger partial charge in [0.25, 0.3) is 5.97 Å². The standard InChI is InChI=1S/C35H40O16/c1-15(36)45-20-12-33-30(6)23(22(40)25(41)43-8)28(4)14-32(30,42)35(48-17(3)38,26(28)46-16(2)37)27-34(33,51-31(7,49-27)50-33)19-11-21(39)47-24(29(19,20)5)18-9-10-44-13-18/h9-11,13,20,22-24,26-27,40,42H,12,14H2,1-8H3/t20-,22+,23-,24-,26-,27?,28-,29-,30+,31-,32+,33-,34+,35-/m1/s1. The molecule has 6 fully saturated rings. The van der Waals surface area contributed by atoms with E-state index in [0.29, 0.717) is 5.56 Å². The summed E-state index contributed by atoms with van der Waals surface area (Å²) in [6.07, 6.45) is -4.03. The van der Waals surface area contributed by atoms with Crippen molar-refractivity contribution in [3.8, 4) is 0 Å². The summed E-state index contributed by atoms with van der Waals surface area (Å²) in [6, 6.07) is 1.59. The molecule has 4 saturated carbocycles. The van der Waals surface area contributed by atoms with Crippen LogP contribution in [0.3, 0.4) is 0 Å². The SMILES string of the molecule is COC(=O)[C@@H](O)[C@@H]1[C@@]2(C)C[C@]3(O)[C@@]1(C)[C@]14C[C@@H](OC(C)=O)[C@@]5(C)C(=CC(=O)O[C@@H]5c5ccoc5)[C@@]15O[C@](C)(OC5[C@]3(OC(C)=O)[C@@H]2OC(C)=O)O4. The molecule has 4 bridgehead atoms. The highest BCUT2D eigenvalue weighted by atomic mass is 17.0. The van der Waals surface area contributed by atoms with Gasteiger partial charge in [-0.15, -0.1) is 0 Å². The van der Waals surface area contributed by atoms with Crippen molar-refractivity contribution in [2.24, 2.45) is 22.2 Å². The van der Waals surface area contributed by atoms with Gasteiger partial charge < -0.3 is 52.5 Å². The minimum atomic E-state index is -2.31. The Morgan fingerprint density at radius 2 is 1.69 bits per heavy atom. The van der Waals surface area contributed by atoms with Gasteiger partial charge in [0.2, 0.25) is 5.60 Å². The number of aliphatic hydroxyl groups is 2. The maximum Gasteiger partial charge on any atom is 0.335 e. The maximum absolute atomic E-state index is 13.8. The highest BCUT2D eigenvalue weighted by Gasteiger charge is 3.04. The van der Waals surface area contributed by atoms with Crippen LogP contribution in [0.2, 0.25) is 0 Å². The van der Waals surface area contributed by atoms with Crippen LogP contribution in [0.15, 0.2) is 34.7 Å². The normalized spacial score (nSPS) is 50.0. The molecule has 8 rings (SSSR count). The molecule has 1 aromatic heterocycles. The molecule has 0 radical (unpaired) electrons. The largest absolute Gasteiger partial charge is 0.472 e. The summed E-state index contributed by atoms with van der Waals surface area (Å²) in [6.45, 7) is 9.82. The van der Waals surface area contributed by atoms with Crippen LogP contribution in [0.25, 0.3) is 0 Å². The molecular weight excluding hydrogens is 676 g/mol. The van der Waals surface area contributed by atoms with Crippen LogP contribution in [0, 0.1) is 22.2 Å². The number of aliphatic hydroxyl groups excluding tert-OH is 1. The molecule has 16 heteroatoms. The van der Waals surface area contributed by atoms with Crippen LogP contribution in [-0.4, -0.2) is 100.0 Å². The summed E-state index contributed by atoms with van der Waals surface area (Å²) < 4.78 is 55.2. The predicted molar refractivity (Wildman–Crippen MR) is 162 cm³/mol. The molecule has 4 heterocycles. The third kappa shape index (κ3) is 3.43. The minimum absolute atomic E-state index is 0.143. The third-order valence-corrected chi connectivity index (χ3v) is 13.4. The fraction of sp³-hybridized carbons (Fsp3) is 0.686. The van der Waals surface area contributed by atoms with Gasteiger partial charge in [-0.25, -0.2) is 9.59 Å². The van der Waals surface area contributed by atoms with Crippen molar-refractivity contribution in [1.29, 1.82) is 0 Å². The molecule has 2 N–H and O–H groups in total. The van der Waals surface area contributed by atoms with Gasteiger partial charge in [0.1, 0.15) is 29.5 Å². The quantitative estimate of drug-likeness (QED) is 0.314. The molecule has 276 valence electrons. The third-order valence-electron chi connectivity index (χ3n) is 13.4. The van der Waals surface area contributed by atoms with E-state index in [4.69, 9.17) is 42.3 Å². The summed E-state index contributed by atoms with van der Waals surface area (Å²) in [5.74, 6) is -7.63. The lowest BCUT2D eigenvalue weighted by Gasteiger charge is -2.76. The van der Waals surface area contributed by atoms with E-state index in [9.17, 15) is 34.2 Å². The zero-order valence-corrected chi connectivity index (χ0v) is 29.3. The number of ether oxygens (including phenoxy) is 8. The second-order valence-corrected chi connectivity index (χ2v) is 15.7. The topological polar surface area (TPSA) is 213 Å². The van der Waals surface area contributed by atoms with Crippen molar-refractivity contribution in [1.82, 2.24) is 0 Å². The van der Waals surface area contributed by atoms with Crippen LogP contribution >= 0.6 is 0 Å². The Morgan fingerprint density at radius 3 is 2.27 bits per heavy atom. The summed E-state index contributed by atoms with van der Waals surface area (Å²) in [7, 11) is 1.09. The molecular formula is C35H40O16. The Labute approximate surface area is 291 Å². The molecule has 1 unspecified atom stereocenters. The van der Waals surface area contributed by atoms with E-state index < -0.39 is 111 Å². The van der Waals surface area contributed by atoms with Crippen molar-refractivity contribution in [2.75, 3.05) is 7.11 Å². The van der Waals surface area contributed by atoms with Gasteiger partial charge in [0.15, 0.2) is 17.8 Å². The van der Waals surface area contributed by atoms with Crippen LogP contribution < -0.4 is 0 Å². The van der Waals surface area contributed by atoms with E-state index in [2.05, 4.69) is 0 Å². The lowest BCUT2D eigenvalue weighted by Crippen LogP contribution is -2.94. The maximum atomic E-state index is 13.8. The number of furan rings is 1. The summed E-state index contributed by atoms with van der Waals surface area (Å²) in [5, 5.41) is 25.6. The first kappa shape index (κ1) is 34.3. The van der Waals surface area contributed by atoms with Gasteiger partial charge in [-0.2, -0.15) is 0 Å². The van der Waals surface area contributed by atoms with Crippen LogP contribution in [0.1, 0.15) is 73.0 Å². The number of fused-ring (bicyclic) bond motifs is 4. The fourth-order valence-corrected chi connectivity index (χ4v) is 12.3. The number of carbonyl (C=O) groups excluding carboxylic acids is 5. The lowest BCUT2D eigenvalue weighted by atomic mass is 9.34. The molecule has 3 aliphatic heterocycles. The highest BCUT2D eigenvalue weighted by Crippen LogP contribution is 2.88. The number of hydrogen-bond acceptors (Lipinski definition) is 16. The molecule has 16 nitrogen and oxygen atoms in total. The van der Waals surface area contributed by atoms with E-state index in [-0.39, 0.29) is 18.4 Å². The monoisotopic (exact) mass is 716 g/mol. The molecule has 0 amide bonds. The fourth-order valence-electron chi connectivity index (χ4n) is 12.3. The zero-order valence-electron chi connectivity index (χ0n) is 29.3. The van der Waals surface area contributed by atoms with Crippen LogP contribution in [0.5, 0.6) is 0 Å². The summed E-state index contributed by atoms with van der Waals surface area (Å²) in [5.41, 5.74) is -12.9. The second-order valence-electron chi connectivity index (χ2n) is 15.7. The zero-order chi connectivity index (χ0) is 37.1. The smallest absolute Gasteiger partial charge is 0.335 e. The van der Waals surface area contributed by atoms with E-state index in [0.717, 1.165) is 21.0 Å². The molecule has 1 aromatic rings. The number of rotatable bonds is 6. The van der Waals surface area contributed by atoms with Crippen molar-refractivity contribution in [2.45, 2.75) is 120 Å². The Bertz CT molecular complexity index is 1820. The Balaban J connectivity index is 1.52. The van der Waals surface area contributed by atoms with Crippen molar-refractivity contribution in [3.63, 3.8) is 0 Å². The Morgan fingerprint density at radius 1 is 1.00 bits per heavy atom. The number of cyclic esters (lactones) is 1. The Kier molecular flexibility index (Phi) is 6.57. The van der Waals surface area contributed by atoms with E-state index in [1.165, 1.54) is 32.4 Å². The van der Waals surface area contributed by atoms with E-state index >= 15 is 0 Å². The van der Waals surface area contributed by atoms with Gasteiger partial charge >= 0.3 is 29.8 Å². The van der Waals surface area contributed by atoms with Gasteiger partial charge in [-0.3, -0.25) is 14.4 Å². The Hall–Kier alpha value is -3.83. The van der Waals surface area contributed by atoms with Gasteiger partial charge in [0.05, 0.1) is 25.1 Å². The lowest BCUT2D eigenvalue weighted by molar-refractivity contribution is -0.448. The molecule has 1 spiro atoms. The highest BCUT2D eigenvalue weighted by molar-refractivity contribution is 5.86. The van der Waals surface area contributed by atoms with Crippen LogP contribution in [0.4, 0.5) is 0 Å². The molecule has 51 heavy (non-hydrogen) atoms. The average Bonchev–Trinajstić information content (AvgIpc) is 3.79. The molecule has 4 aliphatic carbocycles. The minimum Gasteiger partial charge on any atom is -0.472 e. The molecule has 7 aliphatic rings.